The van der Waals surface area contributed by atoms with E-state index in [1.165, 1.54) is 36.4 Å². The molecule has 2 aromatic rings. The summed E-state index contributed by atoms with van der Waals surface area (Å²) >= 11 is 0. The Morgan fingerprint density at radius 3 is 1.70 bits per heavy atom. The van der Waals surface area contributed by atoms with E-state index >= 15 is 0 Å². The molecule has 0 atom stereocenters. The lowest BCUT2D eigenvalue weighted by Crippen LogP contribution is -2.42. The molecule has 106 valence electrons. The first kappa shape index (κ1) is 14.4. The van der Waals surface area contributed by atoms with Crippen LogP contribution in [-0.2, 0) is 10.0 Å². The van der Waals surface area contributed by atoms with Crippen LogP contribution in [0.15, 0.2) is 65.6 Å². The smallest absolute Gasteiger partial charge is 0.201 e. The lowest BCUT2D eigenvalue weighted by atomic mass is 10.3. The molecule has 2 rings (SSSR count). The molecule has 3 nitrogen and oxygen atoms in total. The number of alkyl halides is 3. The number of para-hydroxylation sites is 1. The molecule has 0 unspecified atom stereocenters. The largest absolute Gasteiger partial charge is 0.498 e. The van der Waals surface area contributed by atoms with Crippen molar-refractivity contribution in [1.82, 2.24) is 0 Å². The summed E-state index contributed by atoms with van der Waals surface area (Å²) in [6.07, 6.45) is -5.05. The van der Waals surface area contributed by atoms with Gasteiger partial charge in [0.15, 0.2) is 0 Å². The summed E-state index contributed by atoms with van der Waals surface area (Å²) in [6, 6.07) is 12.9. The van der Waals surface area contributed by atoms with Gasteiger partial charge in [-0.3, -0.25) is 0 Å². The van der Waals surface area contributed by atoms with Crippen molar-refractivity contribution < 1.29 is 21.6 Å². The van der Waals surface area contributed by atoms with E-state index in [9.17, 15) is 21.6 Å². The van der Waals surface area contributed by atoms with Crippen molar-refractivity contribution in [3.05, 3.63) is 60.7 Å². The average molecular weight is 301 g/mol. The Hall–Kier alpha value is -2.02. The van der Waals surface area contributed by atoms with E-state index in [0.29, 0.717) is 0 Å². The van der Waals surface area contributed by atoms with Gasteiger partial charge >= 0.3 is 6.30 Å². The molecule has 0 saturated carbocycles. The van der Waals surface area contributed by atoms with Gasteiger partial charge < -0.3 is 0 Å². The van der Waals surface area contributed by atoms with E-state index in [2.05, 4.69) is 0 Å². The third-order valence-corrected chi connectivity index (χ3v) is 4.27. The molecule has 0 heterocycles. The van der Waals surface area contributed by atoms with Crippen LogP contribution in [0.3, 0.4) is 0 Å². The summed E-state index contributed by atoms with van der Waals surface area (Å²) in [6.45, 7) is 0. The molecule has 0 bridgehead atoms. The number of halogens is 3. The number of hydrogen-bond donors (Lipinski definition) is 0. The second-order valence-electron chi connectivity index (χ2n) is 3.89. The molecule has 0 aliphatic heterocycles. The lowest BCUT2D eigenvalue weighted by Gasteiger charge is -2.26. The third kappa shape index (κ3) is 2.77. The van der Waals surface area contributed by atoms with Crippen molar-refractivity contribution in [2.75, 3.05) is 4.31 Å². The van der Waals surface area contributed by atoms with Gasteiger partial charge in [0.05, 0.1) is 10.6 Å². The summed E-state index contributed by atoms with van der Waals surface area (Å²) in [4.78, 5) is -0.416. The quantitative estimate of drug-likeness (QED) is 0.815. The Bertz CT molecular complexity index is 670. The molecule has 0 aliphatic rings. The van der Waals surface area contributed by atoms with E-state index < -0.39 is 31.2 Å². The molecule has 7 heteroatoms. The van der Waals surface area contributed by atoms with E-state index in [0.717, 1.165) is 24.3 Å². The van der Waals surface area contributed by atoms with Gasteiger partial charge in [0.2, 0.25) is 0 Å². The van der Waals surface area contributed by atoms with Crippen LogP contribution >= 0.6 is 0 Å². The van der Waals surface area contributed by atoms with Crippen molar-refractivity contribution in [2.24, 2.45) is 0 Å². The molecule has 0 aliphatic carbocycles. The number of benzene rings is 2. The van der Waals surface area contributed by atoms with Crippen molar-refractivity contribution >= 4 is 15.7 Å². The van der Waals surface area contributed by atoms with Crippen LogP contribution in [0, 0.1) is 0 Å². The highest BCUT2D eigenvalue weighted by Crippen LogP contribution is 2.34. The van der Waals surface area contributed by atoms with Crippen molar-refractivity contribution in [3.8, 4) is 0 Å². The summed E-state index contributed by atoms with van der Waals surface area (Å²) in [5.41, 5.74) is -0.455. The first-order chi connectivity index (χ1) is 9.33. The Kier molecular flexibility index (Phi) is 3.71. The fourth-order valence-corrected chi connectivity index (χ4v) is 3.07. The maximum Gasteiger partial charge on any atom is 0.498 e. The monoisotopic (exact) mass is 301 g/mol. The number of sulfonamides is 1. The second kappa shape index (κ2) is 5.16. The zero-order valence-corrected chi connectivity index (χ0v) is 10.9. The van der Waals surface area contributed by atoms with E-state index in [1.807, 2.05) is 0 Å². The lowest BCUT2D eigenvalue weighted by molar-refractivity contribution is -0.115. The van der Waals surface area contributed by atoms with Gasteiger partial charge in [-0.25, -0.2) is 8.42 Å². The zero-order valence-electron chi connectivity index (χ0n) is 10.1. The Morgan fingerprint density at radius 2 is 1.25 bits per heavy atom. The summed E-state index contributed by atoms with van der Waals surface area (Å²) in [5.74, 6) is 0. The topological polar surface area (TPSA) is 37.4 Å². The maximum absolute atomic E-state index is 13.1. The van der Waals surface area contributed by atoms with Gasteiger partial charge in [-0.1, -0.05) is 36.4 Å². The molecule has 2 aromatic carbocycles. The summed E-state index contributed by atoms with van der Waals surface area (Å²) in [5, 5.41) is 0. The molecule has 0 saturated heterocycles. The molecular weight excluding hydrogens is 291 g/mol. The molecule has 0 spiro atoms. The molecule has 0 fully saturated rings. The predicted octanol–water partition coefficient (Wildman–Crippen LogP) is 3.40. The van der Waals surface area contributed by atoms with Crippen LogP contribution in [-0.4, -0.2) is 14.7 Å². The Morgan fingerprint density at radius 1 is 0.800 bits per heavy atom. The van der Waals surface area contributed by atoms with Crippen molar-refractivity contribution in [1.29, 1.82) is 0 Å². The highest BCUT2D eigenvalue weighted by Gasteiger charge is 2.46. The Labute approximate surface area is 114 Å². The first-order valence-corrected chi connectivity index (χ1v) is 7.00. The molecule has 0 amide bonds. The number of hydrogen-bond acceptors (Lipinski definition) is 2. The van der Waals surface area contributed by atoms with Crippen LogP contribution in [0.2, 0.25) is 0 Å². The van der Waals surface area contributed by atoms with Crippen LogP contribution in [0.4, 0.5) is 18.9 Å². The predicted molar refractivity (Wildman–Crippen MR) is 68.6 cm³/mol. The van der Waals surface area contributed by atoms with E-state index in [4.69, 9.17) is 0 Å². The van der Waals surface area contributed by atoms with E-state index in [-0.39, 0.29) is 0 Å². The SMILES string of the molecule is O=S(=O)(c1ccccc1)N(c1ccccc1)C(F)(F)F. The van der Waals surface area contributed by atoms with Crippen LogP contribution in [0.25, 0.3) is 0 Å². The number of nitrogens with zero attached hydrogens (tertiary/aromatic N) is 1. The Balaban J connectivity index is 2.60. The summed E-state index contributed by atoms with van der Waals surface area (Å²) in [7, 11) is -4.70. The van der Waals surface area contributed by atoms with Gasteiger partial charge in [0.25, 0.3) is 10.0 Å². The van der Waals surface area contributed by atoms with Crippen molar-refractivity contribution in [2.45, 2.75) is 11.2 Å². The molecule has 0 radical (unpaired) electrons. The average Bonchev–Trinajstić information content (AvgIpc) is 2.39. The minimum atomic E-state index is -5.05. The molecule has 0 aromatic heterocycles. The molecule has 0 N–H and O–H groups in total. The van der Waals surface area contributed by atoms with E-state index in [1.54, 1.807) is 0 Å². The molecular formula is C13H10F3NO2S. The van der Waals surface area contributed by atoms with Gasteiger partial charge in [-0.05, 0) is 24.3 Å². The highest BCUT2D eigenvalue weighted by atomic mass is 32.2. The standard InChI is InChI=1S/C13H10F3NO2S/c14-13(15,16)17(11-7-3-1-4-8-11)20(18,19)12-9-5-2-6-10-12/h1-10H. The van der Waals surface area contributed by atoms with Crippen LogP contribution in [0.1, 0.15) is 0 Å². The third-order valence-electron chi connectivity index (χ3n) is 2.50. The minimum absolute atomic E-state index is 0.416. The van der Waals surface area contributed by atoms with Crippen LogP contribution in [0.5, 0.6) is 0 Å². The van der Waals surface area contributed by atoms with Crippen molar-refractivity contribution in [3.63, 3.8) is 0 Å². The summed E-state index contributed by atoms with van der Waals surface area (Å²) < 4.78 is 63.2. The highest BCUT2D eigenvalue weighted by molar-refractivity contribution is 7.92. The maximum atomic E-state index is 13.1. The normalized spacial score (nSPS) is 12.2. The minimum Gasteiger partial charge on any atom is -0.201 e. The zero-order chi connectivity index (χ0) is 14.8. The second-order valence-corrected chi connectivity index (χ2v) is 5.67. The fourth-order valence-electron chi connectivity index (χ4n) is 1.68. The fraction of sp³-hybridized carbons (Fsp3) is 0.0769. The van der Waals surface area contributed by atoms with Crippen LogP contribution < -0.4 is 4.31 Å². The first-order valence-electron chi connectivity index (χ1n) is 5.56. The van der Waals surface area contributed by atoms with Gasteiger partial charge in [0, 0.05) is 0 Å². The molecule has 20 heavy (non-hydrogen) atoms. The van der Waals surface area contributed by atoms with Gasteiger partial charge in [-0.15, -0.1) is 13.2 Å². The number of anilines is 1. The van der Waals surface area contributed by atoms with Gasteiger partial charge in [0.1, 0.15) is 0 Å². The van der Waals surface area contributed by atoms with Gasteiger partial charge in [-0.2, -0.15) is 4.31 Å². The number of rotatable bonds is 3.